The summed E-state index contributed by atoms with van der Waals surface area (Å²) in [5, 5.41) is 2.95. The van der Waals surface area contributed by atoms with E-state index >= 15 is 0 Å². The molecule has 0 heterocycles. The molecule has 0 saturated carbocycles. The molecule has 0 atom stereocenters. The fraction of sp³-hybridized carbons (Fsp3) is 0.138. The Bertz CT molecular complexity index is 1270. The van der Waals surface area contributed by atoms with E-state index in [0.717, 1.165) is 5.56 Å². The lowest BCUT2D eigenvalue weighted by Crippen LogP contribution is -2.13. The van der Waals surface area contributed by atoms with Crippen molar-refractivity contribution in [2.75, 3.05) is 19.0 Å². The van der Waals surface area contributed by atoms with Gasteiger partial charge in [-0.25, -0.2) is 0 Å². The Morgan fingerprint density at radius 3 is 2.17 bits per heavy atom. The molecule has 0 fully saturated rings. The van der Waals surface area contributed by atoms with Crippen LogP contribution in [0.5, 0.6) is 28.7 Å². The van der Waals surface area contributed by atoms with Gasteiger partial charge in [-0.1, -0.05) is 42.5 Å². The third kappa shape index (κ3) is 6.12. The second kappa shape index (κ2) is 11.6. The first kappa shape index (κ1) is 23.7. The molecule has 0 radical (unpaired) electrons. The number of methoxy groups -OCH3 is 1. The molecule has 1 N–H and O–H groups in total. The van der Waals surface area contributed by atoms with Crippen molar-refractivity contribution in [1.82, 2.24) is 0 Å². The van der Waals surface area contributed by atoms with Crippen LogP contribution in [0.15, 0.2) is 97.1 Å². The fourth-order valence-electron chi connectivity index (χ4n) is 3.49. The largest absolute Gasteiger partial charge is 0.493 e. The molecule has 0 unspecified atom stereocenters. The summed E-state index contributed by atoms with van der Waals surface area (Å²) in [7, 11) is 1.60. The fourth-order valence-corrected chi connectivity index (χ4v) is 3.49. The lowest BCUT2D eigenvalue weighted by molar-refractivity contribution is 0.102. The quantitative estimate of drug-likeness (QED) is 0.279. The lowest BCUT2D eigenvalue weighted by Gasteiger charge is -2.15. The van der Waals surface area contributed by atoms with Gasteiger partial charge in [0.15, 0.2) is 17.2 Å². The number of nitrogens with one attached hydrogen (secondary N) is 1. The summed E-state index contributed by atoms with van der Waals surface area (Å²) in [5.74, 6) is 2.87. The van der Waals surface area contributed by atoms with Gasteiger partial charge < -0.3 is 24.3 Å². The van der Waals surface area contributed by atoms with E-state index in [1.165, 1.54) is 0 Å². The number of hydrogen-bond acceptors (Lipinski definition) is 5. The molecule has 0 aromatic heterocycles. The van der Waals surface area contributed by atoms with Crippen molar-refractivity contribution in [1.29, 1.82) is 0 Å². The normalized spacial score (nSPS) is 10.3. The first-order valence-electron chi connectivity index (χ1n) is 11.3. The molecule has 0 aliphatic carbocycles. The molecule has 4 aromatic rings. The maximum atomic E-state index is 13.1. The smallest absolute Gasteiger partial charge is 0.255 e. The van der Waals surface area contributed by atoms with Crippen molar-refractivity contribution in [2.24, 2.45) is 0 Å². The van der Waals surface area contributed by atoms with Crippen molar-refractivity contribution in [3.05, 3.63) is 108 Å². The maximum absolute atomic E-state index is 13.1. The molecule has 178 valence electrons. The van der Waals surface area contributed by atoms with E-state index in [9.17, 15) is 4.79 Å². The highest BCUT2D eigenvalue weighted by atomic mass is 16.5. The zero-order valence-electron chi connectivity index (χ0n) is 19.7. The highest BCUT2D eigenvalue weighted by Gasteiger charge is 2.15. The Morgan fingerprint density at radius 1 is 0.743 bits per heavy atom. The van der Waals surface area contributed by atoms with Gasteiger partial charge in [0.2, 0.25) is 0 Å². The number of carbonyl (C=O) groups is 1. The standard InChI is InChI=1S/C29H27NO5/c1-3-33-25-18-17-21(19-22(25)20-34-28-16-10-9-15-27(28)32-2)29(31)30-24-13-7-8-14-26(24)35-23-11-5-4-6-12-23/h4-19H,3,20H2,1-2H3,(H,30,31). The lowest BCUT2D eigenvalue weighted by atomic mass is 10.1. The van der Waals surface area contributed by atoms with Crippen LogP contribution in [0.2, 0.25) is 0 Å². The number of carbonyl (C=O) groups excluding carboxylic acids is 1. The first-order chi connectivity index (χ1) is 17.2. The van der Waals surface area contributed by atoms with E-state index in [2.05, 4.69) is 5.32 Å². The van der Waals surface area contributed by atoms with Gasteiger partial charge in [-0.15, -0.1) is 0 Å². The number of benzene rings is 4. The van der Waals surface area contributed by atoms with Gasteiger partial charge >= 0.3 is 0 Å². The van der Waals surface area contributed by atoms with Crippen LogP contribution in [0.25, 0.3) is 0 Å². The Kier molecular flexibility index (Phi) is 7.86. The zero-order valence-corrected chi connectivity index (χ0v) is 19.7. The molecule has 4 rings (SSSR count). The second-order valence-electron chi connectivity index (χ2n) is 7.56. The van der Waals surface area contributed by atoms with Gasteiger partial charge in [0.1, 0.15) is 18.1 Å². The summed E-state index contributed by atoms with van der Waals surface area (Å²) in [6.45, 7) is 2.62. The molecule has 4 aromatic carbocycles. The molecule has 1 amide bonds. The number of amides is 1. The van der Waals surface area contributed by atoms with E-state index < -0.39 is 0 Å². The van der Waals surface area contributed by atoms with Crippen molar-refractivity contribution in [3.63, 3.8) is 0 Å². The van der Waals surface area contributed by atoms with Crippen molar-refractivity contribution in [3.8, 4) is 28.7 Å². The Labute approximate surface area is 205 Å². The summed E-state index contributed by atoms with van der Waals surface area (Å²) in [4.78, 5) is 13.1. The van der Waals surface area contributed by atoms with E-state index in [1.807, 2.05) is 79.7 Å². The molecule has 6 nitrogen and oxygen atoms in total. The average molecular weight is 470 g/mol. The maximum Gasteiger partial charge on any atom is 0.255 e. The Balaban J connectivity index is 1.53. The minimum absolute atomic E-state index is 0.213. The van der Waals surface area contributed by atoms with Gasteiger partial charge in [0.25, 0.3) is 5.91 Å². The van der Waals surface area contributed by atoms with Crippen LogP contribution in [0, 0.1) is 0 Å². The summed E-state index contributed by atoms with van der Waals surface area (Å²) >= 11 is 0. The van der Waals surface area contributed by atoms with Crippen molar-refractivity contribution >= 4 is 11.6 Å². The van der Waals surface area contributed by atoms with Gasteiger partial charge in [-0.3, -0.25) is 4.79 Å². The van der Waals surface area contributed by atoms with E-state index in [4.69, 9.17) is 18.9 Å². The molecule has 0 spiro atoms. The molecule has 0 aliphatic heterocycles. The zero-order chi connectivity index (χ0) is 24.5. The number of rotatable bonds is 10. The minimum Gasteiger partial charge on any atom is -0.493 e. The van der Waals surface area contributed by atoms with Crippen molar-refractivity contribution in [2.45, 2.75) is 13.5 Å². The average Bonchev–Trinajstić information content (AvgIpc) is 2.90. The van der Waals surface area contributed by atoms with Crippen LogP contribution in [0.3, 0.4) is 0 Å². The topological polar surface area (TPSA) is 66.0 Å². The van der Waals surface area contributed by atoms with E-state index in [-0.39, 0.29) is 12.5 Å². The predicted molar refractivity (Wildman–Crippen MR) is 136 cm³/mol. The van der Waals surface area contributed by atoms with Crippen LogP contribution in [-0.4, -0.2) is 19.6 Å². The molecular weight excluding hydrogens is 442 g/mol. The number of hydrogen-bond donors (Lipinski definition) is 1. The Hall–Kier alpha value is -4.45. The van der Waals surface area contributed by atoms with Gasteiger partial charge in [0, 0.05) is 11.1 Å². The van der Waals surface area contributed by atoms with Gasteiger partial charge in [-0.05, 0) is 61.5 Å². The first-order valence-corrected chi connectivity index (χ1v) is 11.3. The molecular formula is C29H27NO5. The SMILES string of the molecule is CCOc1ccc(C(=O)Nc2ccccc2Oc2ccccc2)cc1COc1ccccc1OC. The molecule has 6 heteroatoms. The van der Waals surface area contributed by atoms with Crippen molar-refractivity contribution < 1.29 is 23.7 Å². The predicted octanol–water partition coefficient (Wildman–Crippen LogP) is 6.72. The van der Waals surface area contributed by atoms with Crippen LogP contribution < -0.4 is 24.3 Å². The summed E-state index contributed by atoms with van der Waals surface area (Å²) in [6.07, 6.45) is 0. The number of para-hydroxylation sites is 5. The third-order valence-corrected chi connectivity index (χ3v) is 5.18. The van der Waals surface area contributed by atoms with Crippen LogP contribution in [0.4, 0.5) is 5.69 Å². The Morgan fingerprint density at radius 2 is 1.43 bits per heavy atom. The highest BCUT2D eigenvalue weighted by Crippen LogP contribution is 2.31. The van der Waals surface area contributed by atoms with Crippen LogP contribution in [0.1, 0.15) is 22.8 Å². The molecule has 0 saturated heterocycles. The molecule has 0 aliphatic rings. The molecule has 0 bridgehead atoms. The van der Waals surface area contributed by atoms with E-state index in [0.29, 0.717) is 46.6 Å². The van der Waals surface area contributed by atoms with Crippen LogP contribution in [-0.2, 0) is 6.61 Å². The van der Waals surface area contributed by atoms with Gasteiger partial charge in [-0.2, -0.15) is 0 Å². The number of anilines is 1. The van der Waals surface area contributed by atoms with Gasteiger partial charge in [0.05, 0.1) is 19.4 Å². The molecule has 35 heavy (non-hydrogen) atoms. The summed E-state index contributed by atoms with van der Waals surface area (Å²) in [6, 6.07) is 29.4. The highest BCUT2D eigenvalue weighted by molar-refractivity contribution is 6.05. The summed E-state index contributed by atoms with van der Waals surface area (Å²) < 4.78 is 23.1. The third-order valence-electron chi connectivity index (χ3n) is 5.18. The monoisotopic (exact) mass is 469 g/mol. The van der Waals surface area contributed by atoms with Crippen LogP contribution >= 0.6 is 0 Å². The van der Waals surface area contributed by atoms with E-state index in [1.54, 1.807) is 31.4 Å². The second-order valence-corrected chi connectivity index (χ2v) is 7.56. The minimum atomic E-state index is -0.268. The summed E-state index contributed by atoms with van der Waals surface area (Å²) in [5.41, 5.74) is 1.79. The number of ether oxygens (including phenoxy) is 4.